The minimum Gasteiger partial charge on any atom is -0.508 e. The van der Waals surface area contributed by atoms with Crippen molar-refractivity contribution < 1.29 is 15.0 Å². The molecule has 1 amide bonds. The molecule has 3 rings (SSSR count). The molecule has 0 fully saturated rings. The van der Waals surface area contributed by atoms with Gasteiger partial charge in [0.15, 0.2) is 0 Å². The quantitative estimate of drug-likeness (QED) is 0.690. The number of aromatic hydroxyl groups is 2. The highest BCUT2D eigenvalue weighted by Crippen LogP contribution is 2.22. The third-order valence-corrected chi connectivity index (χ3v) is 3.58. The minimum absolute atomic E-state index is 0.0739. The lowest BCUT2D eigenvalue weighted by atomic mass is 10.1. The first kappa shape index (κ1) is 13.5. The Bertz CT molecular complexity index is 698. The summed E-state index contributed by atoms with van der Waals surface area (Å²) in [5.74, 6) is -0.674. The molecule has 0 spiro atoms. The topological polar surface area (TPSA) is 81.6 Å². The Labute approximate surface area is 122 Å². The first-order valence-corrected chi connectivity index (χ1v) is 6.75. The van der Waals surface area contributed by atoms with E-state index in [2.05, 4.69) is 22.8 Å². The number of hydrogen-bond donors (Lipinski definition) is 4. The van der Waals surface area contributed by atoms with E-state index >= 15 is 0 Å². The zero-order chi connectivity index (χ0) is 14.8. The van der Waals surface area contributed by atoms with Crippen LogP contribution < -0.4 is 10.6 Å². The van der Waals surface area contributed by atoms with Crippen LogP contribution in [0, 0.1) is 0 Å². The molecule has 4 N–H and O–H groups in total. The van der Waals surface area contributed by atoms with Gasteiger partial charge < -0.3 is 20.8 Å². The number of nitrogens with one attached hydrogen (secondary N) is 2. The van der Waals surface area contributed by atoms with Crippen LogP contribution in [-0.2, 0) is 19.6 Å². The van der Waals surface area contributed by atoms with Crippen molar-refractivity contribution in [3.8, 4) is 11.5 Å². The maximum Gasteiger partial charge on any atom is 0.255 e. The Morgan fingerprint density at radius 2 is 1.90 bits per heavy atom. The molecule has 0 atom stereocenters. The van der Waals surface area contributed by atoms with E-state index in [1.54, 1.807) is 0 Å². The molecule has 21 heavy (non-hydrogen) atoms. The molecule has 0 aliphatic carbocycles. The number of phenols is 2. The average molecular weight is 284 g/mol. The van der Waals surface area contributed by atoms with Gasteiger partial charge in [0.1, 0.15) is 11.5 Å². The molecule has 0 saturated carbocycles. The van der Waals surface area contributed by atoms with Crippen molar-refractivity contribution in [1.29, 1.82) is 0 Å². The Kier molecular flexibility index (Phi) is 3.50. The van der Waals surface area contributed by atoms with Gasteiger partial charge in [-0.25, -0.2) is 0 Å². The Morgan fingerprint density at radius 3 is 2.71 bits per heavy atom. The fourth-order valence-corrected chi connectivity index (χ4v) is 2.45. The molecular weight excluding hydrogens is 268 g/mol. The lowest BCUT2D eigenvalue weighted by Gasteiger charge is -2.08. The van der Waals surface area contributed by atoms with E-state index in [4.69, 9.17) is 0 Å². The fourth-order valence-electron chi connectivity index (χ4n) is 2.45. The second kappa shape index (κ2) is 5.46. The van der Waals surface area contributed by atoms with Gasteiger partial charge in [-0.3, -0.25) is 4.79 Å². The molecule has 0 saturated heterocycles. The zero-order valence-electron chi connectivity index (χ0n) is 11.4. The summed E-state index contributed by atoms with van der Waals surface area (Å²) in [4.78, 5) is 12.0. The molecular formula is C16H16N2O3. The summed E-state index contributed by atoms with van der Waals surface area (Å²) in [5, 5.41) is 24.9. The first-order valence-electron chi connectivity index (χ1n) is 6.75. The highest BCUT2D eigenvalue weighted by molar-refractivity contribution is 5.96. The lowest BCUT2D eigenvalue weighted by molar-refractivity contribution is 0.0948. The smallest absolute Gasteiger partial charge is 0.255 e. The van der Waals surface area contributed by atoms with Crippen molar-refractivity contribution in [2.45, 2.75) is 19.6 Å². The van der Waals surface area contributed by atoms with Crippen LogP contribution in [0.3, 0.4) is 0 Å². The predicted molar refractivity (Wildman–Crippen MR) is 77.9 cm³/mol. The number of rotatable bonds is 3. The van der Waals surface area contributed by atoms with E-state index in [9.17, 15) is 15.0 Å². The van der Waals surface area contributed by atoms with Crippen molar-refractivity contribution >= 4 is 5.91 Å². The molecule has 0 radical (unpaired) electrons. The van der Waals surface area contributed by atoms with Gasteiger partial charge in [0.05, 0.1) is 5.56 Å². The van der Waals surface area contributed by atoms with Gasteiger partial charge in [-0.15, -0.1) is 0 Å². The largest absolute Gasteiger partial charge is 0.508 e. The number of fused-ring (bicyclic) bond motifs is 1. The van der Waals surface area contributed by atoms with Crippen LogP contribution >= 0.6 is 0 Å². The predicted octanol–water partition coefficient (Wildman–Crippen LogP) is 1.63. The number of carbonyl (C=O) groups is 1. The van der Waals surface area contributed by atoms with Gasteiger partial charge in [0, 0.05) is 25.7 Å². The normalized spacial score (nSPS) is 13.0. The van der Waals surface area contributed by atoms with E-state index in [0.29, 0.717) is 6.54 Å². The van der Waals surface area contributed by atoms with Gasteiger partial charge in [0.2, 0.25) is 0 Å². The second-order valence-electron chi connectivity index (χ2n) is 5.09. The van der Waals surface area contributed by atoms with E-state index in [0.717, 1.165) is 24.7 Å². The van der Waals surface area contributed by atoms with Crippen molar-refractivity contribution in [2.75, 3.05) is 0 Å². The summed E-state index contributed by atoms with van der Waals surface area (Å²) >= 11 is 0. The standard InChI is InChI=1S/C16H16N2O3/c19-13-3-4-14(15(20)6-13)16(21)18-7-10-1-2-11-8-17-9-12(11)5-10/h1-6,17,19-20H,7-9H2,(H,18,21). The third kappa shape index (κ3) is 2.83. The van der Waals surface area contributed by atoms with Crippen LogP contribution in [0.1, 0.15) is 27.0 Å². The van der Waals surface area contributed by atoms with Crippen LogP contribution in [0.15, 0.2) is 36.4 Å². The molecule has 1 aliphatic heterocycles. The summed E-state index contributed by atoms with van der Waals surface area (Å²) in [6.07, 6.45) is 0. The van der Waals surface area contributed by atoms with Crippen molar-refractivity contribution in [3.05, 3.63) is 58.7 Å². The molecule has 0 bridgehead atoms. The Hall–Kier alpha value is -2.53. The van der Waals surface area contributed by atoms with E-state index < -0.39 is 0 Å². The summed E-state index contributed by atoms with van der Waals surface area (Å²) in [7, 11) is 0. The fraction of sp³-hybridized carbons (Fsp3) is 0.188. The molecule has 2 aromatic rings. The van der Waals surface area contributed by atoms with Crippen LogP contribution in [0.2, 0.25) is 0 Å². The van der Waals surface area contributed by atoms with E-state index in [1.165, 1.54) is 23.3 Å². The van der Waals surface area contributed by atoms with Gasteiger partial charge >= 0.3 is 0 Å². The van der Waals surface area contributed by atoms with Gasteiger partial charge in [0.25, 0.3) is 5.91 Å². The monoisotopic (exact) mass is 284 g/mol. The number of benzene rings is 2. The summed E-state index contributed by atoms with van der Waals surface area (Å²) in [6.45, 7) is 2.14. The Morgan fingerprint density at radius 1 is 1.10 bits per heavy atom. The minimum atomic E-state index is -0.369. The van der Waals surface area contributed by atoms with E-state index in [1.807, 2.05) is 6.07 Å². The summed E-state index contributed by atoms with van der Waals surface area (Å²) in [6, 6.07) is 10.0. The molecule has 0 aromatic heterocycles. The third-order valence-electron chi connectivity index (χ3n) is 3.58. The molecule has 0 unspecified atom stereocenters. The van der Waals surface area contributed by atoms with Crippen LogP contribution in [0.5, 0.6) is 11.5 Å². The SMILES string of the molecule is O=C(NCc1ccc2c(c1)CNC2)c1ccc(O)cc1O. The number of carbonyl (C=O) groups excluding carboxylic acids is 1. The van der Waals surface area contributed by atoms with Crippen LogP contribution in [0.25, 0.3) is 0 Å². The summed E-state index contributed by atoms with van der Waals surface area (Å²) in [5.41, 5.74) is 3.72. The maximum absolute atomic E-state index is 12.0. The van der Waals surface area contributed by atoms with Crippen molar-refractivity contribution in [3.63, 3.8) is 0 Å². The van der Waals surface area contributed by atoms with Gasteiger partial charge in [-0.2, -0.15) is 0 Å². The molecule has 2 aromatic carbocycles. The average Bonchev–Trinajstić information content (AvgIpc) is 2.92. The number of hydrogen-bond acceptors (Lipinski definition) is 4. The number of phenolic OH excluding ortho intramolecular Hbond substituents is 2. The van der Waals surface area contributed by atoms with Crippen molar-refractivity contribution in [2.24, 2.45) is 0 Å². The molecule has 5 heteroatoms. The number of amides is 1. The summed E-state index contributed by atoms with van der Waals surface area (Å²) < 4.78 is 0. The molecule has 1 heterocycles. The van der Waals surface area contributed by atoms with E-state index in [-0.39, 0.29) is 23.0 Å². The first-order chi connectivity index (χ1) is 10.1. The highest BCUT2D eigenvalue weighted by atomic mass is 16.3. The van der Waals surface area contributed by atoms with Gasteiger partial charge in [-0.1, -0.05) is 18.2 Å². The van der Waals surface area contributed by atoms with Crippen LogP contribution in [-0.4, -0.2) is 16.1 Å². The van der Waals surface area contributed by atoms with Gasteiger partial charge in [-0.05, 0) is 28.8 Å². The molecule has 5 nitrogen and oxygen atoms in total. The molecule has 108 valence electrons. The van der Waals surface area contributed by atoms with Crippen molar-refractivity contribution in [1.82, 2.24) is 10.6 Å². The van der Waals surface area contributed by atoms with Crippen LogP contribution in [0.4, 0.5) is 0 Å². The second-order valence-corrected chi connectivity index (χ2v) is 5.09. The highest BCUT2D eigenvalue weighted by Gasteiger charge is 2.13. The molecule has 1 aliphatic rings. The Balaban J connectivity index is 1.68. The maximum atomic E-state index is 12.0. The zero-order valence-corrected chi connectivity index (χ0v) is 11.4. The lowest BCUT2D eigenvalue weighted by Crippen LogP contribution is -2.22.